The van der Waals surface area contributed by atoms with Crippen LogP contribution in [-0.2, 0) is 4.79 Å². The quantitative estimate of drug-likeness (QED) is 0.486. The van der Waals surface area contributed by atoms with Gasteiger partial charge in [-0.3, -0.25) is 4.79 Å². The number of carbonyl (C=O) groups is 1. The zero-order valence-electron chi connectivity index (χ0n) is 12.8. The third kappa shape index (κ3) is 4.51. The van der Waals surface area contributed by atoms with Crippen LogP contribution in [0.4, 0.5) is 4.39 Å². The Hall–Kier alpha value is -2.45. The molecule has 0 radical (unpaired) electrons. The van der Waals surface area contributed by atoms with Crippen molar-refractivity contribution in [1.82, 2.24) is 5.32 Å². The highest BCUT2D eigenvalue weighted by Crippen LogP contribution is 2.31. The highest BCUT2D eigenvalue weighted by atomic mass is 32.1. The van der Waals surface area contributed by atoms with Gasteiger partial charge < -0.3 is 5.32 Å². The summed E-state index contributed by atoms with van der Waals surface area (Å²) in [6, 6.07) is 12.0. The third-order valence-corrected chi connectivity index (χ3v) is 4.30. The Balaban J connectivity index is 2.17. The van der Waals surface area contributed by atoms with Gasteiger partial charge in [-0.15, -0.1) is 11.3 Å². The van der Waals surface area contributed by atoms with Crippen LogP contribution >= 0.6 is 11.3 Å². The molecule has 1 amide bonds. The lowest BCUT2D eigenvalue weighted by molar-refractivity contribution is -0.117. The first-order chi connectivity index (χ1) is 11.2. The summed E-state index contributed by atoms with van der Waals surface area (Å²) in [7, 11) is 0. The SMILES string of the molecule is CCCCNC(=O)/C(C#N)=C/c1ccc(-c2ccccc2F)s1. The number of nitriles is 1. The Kier molecular flexibility index (Phi) is 6.07. The third-order valence-electron chi connectivity index (χ3n) is 3.23. The van der Waals surface area contributed by atoms with Gasteiger partial charge in [0, 0.05) is 21.9 Å². The van der Waals surface area contributed by atoms with Crippen molar-refractivity contribution in [3.05, 3.63) is 52.7 Å². The minimum atomic E-state index is -0.373. The Morgan fingerprint density at radius 2 is 2.13 bits per heavy atom. The van der Waals surface area contributed by atoms with E-state index in [1.54, 1.807) is 30.3 Å². The Bertz CT molecular complexity index is 758. The van der Waals surface area contributed by atoms with Gasteiger partial charge in [0.25, 0.3) is 5.91 Å². The molecule has 0 fully saturated rings. The molecule has 1 aromatic heterocycles. The largest absolute Gasteiger partial charge is 0.351 e. The number of amides is 1. The Morgan fingerprint density at radius 1 is 1.35 bits per heavy atom. The van der Waals surface area contributed by atoms with E-state index >= 15 is 0 Å². The minimum absolute atomic E-state index is 0.0584. The zero-order valence-corrected chi connectivity index (χ0v) is 13.6. The maximum atomic E-state index is 13.8. The van der Waals surface area contributed by atoms with Crippen LogP contribution in [-0.4, -0.2) is 12.5 Å². The molecule has 23 heavy (non-hydrogen) atoms. The molecule has 0 bridgehead atoms. The molecule has 3 nitrogen and oxygen atoms in total. The van der Waals surface area contributed by atoms with E-state index in [2.05, 4.69) is 5.32 Å². The lowest BCUT2D eigenvalue weighted by Gasteiger charge is -2.02. The molecule has 0 spiro atoms. The molecule has 0 aliphatic rings. The molecule has 118 valence electrons. The molecule has 1 heterocycles. The summed E-state index contributed by atoms with van der Waals surface area (Å²) in [5, 5.41) is 11.9. The van der Waals surface area contributed by atoms with Crippen molar-refractivity contribution < 1.29 is 9.18 Å². The van der Waals surface area contributed by atoms with E-state index in [1.165, 1.54) is 23.5 Å². The molecule has 1 N–H and O–H groups in total. The molecule has 0 unspecified atom stereocenters. The van der Waals surface area contributed by atoms with Crippen molar-refractivity contribution in [3.63, 3.8) is 0 Å². The molecule has 1 aromatic carbocycles. The Labute approximate surface area is 139 Å². The van der Waals surface area contributed by atoms with E-state index in [-0.39, 0.29) is 17.3 Å². The van der Waals surface area contributed by atoms with Crippen molar-refractivity contribution in [2.45, 2.75) is 19.8 Å². The fourth-order valence-electron chi connectivity index (χ4n) is 2.00. The lowest BCUT2D eigenvalue weighted by Crippen LogP contribution is -2.25. The van der Waals surface area contributed by atoms with Crippen LogP contribution in [0.25, 0.3) is 16.5 Å². The summed E-state index contributed by atoms with van der Waals surface area (Å²) in [6.45, 7) is 2.59. The molecular formula is C18H17FN2OS. The molecule has 2 aromatic rings. The van der Waals surface area contributed by atoms with Gasteiger partial charge in [0.05, 0.1) is 0 Å². The highest BCUT2D eigenvalue weighted by Gasteiger charge is 2.10. The van der Waals surface area contributed by atoms with Gasteiger partial charge in [-0.1, -0.05) is 31.5 Å². The number of rotatable bonds is 6. The van der Waals surface area contributed by atoms with Crippen molar-refractivity contribution in [2.75, 3.05) is 6.54 Å². The smallest absolute Gasteiger partial charge is 0.261 e. The first-order valence-electron chi connectivity index (χ1n) is 7.40. The van der Waals surface area contributed by atoms with E-state index < -0.39 is 0 Å². The van der Waals surface area contributed by atoms with Crippen LogP contribution in [0.2, 0.25) is 0 Å². The fourth-order valence-corrected chi connectivity index (χ4v) is 2.98. The lowest BCUT2D eigenvalue weighted by atomic mass is 10.2. The molecule has 2 rings (SSSR count). The molecule has 0 aliphatic heterocycles. The standard InChI is InChI=1S/C18H17FN2OS/c1-2-3-10-21-18(22)13(12-20)11-14-8-9-17(23-14)15-6-4-5-7-16(15)19/h4-9,11H,2-3,10H2,1H3,(H,21,22)/b13-11+. The van der Waals surface area contributed by atoms with Crippen LogP contribution in [0, 0.1) is 17.1 Å². The van der Waals surface area contributed by atoms with Crippen molar-refractivity contribution in [2.24, 2.45) is 0 Å². The Morgan fingerprint density at radius 3 is 2.83 bits per heavy atom. The number of benzene rings is 1. The average Bonchev–Trinajstić information content (AvgIpc) is 3.01. The van der Waals surface area contributed by atoms with Crippen LogP contribution in [0.5, 0.6) is 0 Å². The first-order valence-corrected chi connectivity index (χ1v) is 8.22. The second-order valence-corrected chi connectivity index (χ2v) is 6.08. The van der Waals surface area contributed by atoms with Gasteiger partial charge >= 0.3 is 0 Å². The molecule has 5 heteroatoms. The van der Waals surface area contributed by atoms with Crippen molar-refractivity contribution in [1.29, 1.82) is 5.26 Å². The summed E-state index contributed by atoms with van der Waals surface area (Å²) < 4.78 is 13.8. The summed E-state index contributed by atoms with van der Waals surface area (Å²) in [5.74, 6) is -0.663. The maximum Gasteiger partial charge on any atom is 0.261 e. The maximum absolute atomic E-state index is 13.8. The second kappa shape index (κ2) is 8.25. The molecule has 0 saturated heterocycles. The first kappa shape index (κ1) is 16.9. The molecule has 0 aliphatic carbocycles. The summed E-state index contributed by atoms with van der Waals surface area (Å²) in [4.78, 5) is 13.4. The van der Waals surface area contributed by atoms with E-state index in [9.17, 15) is 9.18 Å². The van der Waals surface area contributed by atoms with Crippen molar-refractivity contribution >= 4 is 23.3 Å². The average molecular weight is 328 g/mol. The number of unbranched alkanes of at least 4 members (excludes halogenated alkanes) is 1. The van der Waals surface area contributed by atoms with Gasteiger partial charge in [0.2, 0.25) is 0 Å². The van der Waals surface area contributed by atoms with E-state index in [0.717, 1.165) is 22.6 Å². The summed E-state index contributed by atoms with van der Waals surface area (Å²) >= 11 is 1.34. The van der Waals surface area contributed by atoms with Crippen molar-refractivity contribution in [3.8, 4) is 16.5 Å². The van der Waals surface area contributed by atoms with Crippen LogP contribution in [0.1, 0.15) is 24.6 Å². The fraction of sp³-hybridized carbons (Fsp3) is 0.222. The number of nitrogens with zero attached hydrogens (tertiary/aromatic N) is 1. The van der Waals surface area contributed by atoms with Gasteiger partial charge in [-0.05, 0) is 30.7 Å². The topological polar surface area (TPSA) is 52.9 Å². The highest BCUT2D eigenvalue weighted by molar-refractivity contribution is 7.16. The predicted octanol–water partition coefficient (Wildman–Crippen LogP) is 4.38. The van der Waals surface area contributed by atoms with Gasteiger partial charge in [0.1, 0.15) is 17.5 Å². The van der Waals surface area contributed by atoms with Gasteiger partial charge in [-0.25, -0.2) is 4.39 Å². The van der Waals surface area contributed by atoms with Crippen LogP contribution in [0.3, 0.4) is 0 Å². The van der Waals surface area contributed by atoms with E-state index in [0.29, 0.717) is 12.1 Å². The normalized spacial score (nSPS) is 11.1. The van der Waals surface area contributed by atoms with Crippen LogP contribution in [0.15, 0.2) is 42.0 Å². The predicted molar refractivity (Wildman–Crippen MR) is 91.2 cm³/mol. The van der Waals surface area contributed by atoms with Gasteiger partial charge in [-0.2, -0.15) is 5.26 Å². The zero-order chi connectivity index (χ0) is 16.7. The number of carbonyl (C=O) groups excluding carboxylic acids is 1. The number of hydrogen-bond donors (Lipinski definition) is 1. The summed E-state index contributed by atoms with van der Waals surface area (Å²) in [6.07, 6.45) is 3.39. The number of thiophene rings is 1. The molecular weight excluding hydrogens is 311 g/mol. The van der Waals surface area contributed by atoms with E-state index in [1.807, 2.05) is 13.0 Å². The minimum Gasteiger partial charge on any atom is -0.351 e. The molecule has 0 saturated carbocycles. The number of hydrogen-bond acceptors (Lipinski definition) is 3. The van der Waals surface area contributed by atoms with Crippen LogP contribution < -0.4 is 5.32 Å². The number of nitrogens with one attached hydrogen (secondary N) is 1. The summed E-state index contributed by atoms with van der Waals surface area (Å²) in [5.41, 5.74) is 0.575. The van der Waals surface area contributed by atoms with Gasteiger partial charge in [0.15, 0.2) is 0 Å². The molecule has 0 atom stereocenters. The number of halogens is 1. The second-order valence-electron chi connectivity index (χ2n) is 4.96. The monoisotopic (exact) mass is 328 g/mol. The van der Waals surface area contributed by atoms with E-state index in [4.69, 9.17) is 5.26 Å².